The van der Waals surface area contributed by atoms with E-state index in [9.17, 15) is 21.6 Å². The third-order valence-corrected chi connectivity index (χ3v) is 5.69. The molecule has 1 aliphatic carbocycles. The SMILES string of the molecule is O=S(=O)(NC1CC1)c1cccc(-c2nnc(-c3ccc(C(F)(F)F)cc3)o2)c1. The molecule has 3 aromatic rings. The van der Waals surface area contributed by atoms with Crippen LogP contribution in [0.2, 0.25) is 0 Å². The van der Waals surface area contributed by atoms with E-state index in [1.807, 2.05) is 0 Å². The van der Waals surface area contributed by atoms with E-state index >= 15 is 0 Å². The minimum atomic E-state index is -4.43. The predicted octanol–water partition coefficient (Wildman–Crippen LogP) is 3.86. The van der Waals surface area contributed by atoms with Crippen molar-refractivity contribution in [1.29, 1.82) is 0 Å². The van der Waals surface area contributed by atoms with Crippen molar-refractivity contribution in [3.8, 4) is 22.9 Å². The Bertz CT molecular complexity index is 1100. The molecule has 0 spiro atoms. The van der Waals surface area contributed by atoms with E-state index in [2.05, 4.69) is 14.9 Å². The molecule has 0 aliphatic heterocycles. The molecular formula is C18H14F3N3O3S. The lowest BCUT2D eigenvalue weighted by atomic mass is 10.1. The summed E-state index contributed by atoms with van der Waals surface area (Å²) in [7, 11) is -3.64. The number of halogens is 3. The van der Waals surface area contributed by atoms with Crippen LogP contribution in [0.4, 0.5) is 13.2 Å². The highest BCUT2D eigenvalue weighted by Crippen LogP contribution is 2.31. The lowest BCUT2D eigenvalue weighted by molar-refractivity contribution is -0.137. The van der Waals surface area contributed by atoms with E-state index < -0.39 is 21.8 Å². The zero-order valence-electron chi connectivity index (χ0n) is 14.3. The van der Waals surface area contributed by atoms with Crippen LogP contribution in [0, 0.1) is 0 Å². The van der Waals surface area contributed by atoms with E-state index in [0.29, 0.717) is 11.1 Å². The van der Waals surface area contributed by atoms with Crippen LogP contribution in [-0.4, -0.2) is 24.7 Å². The van der Waals surface area contributed by atoms with Gasteiger partial charge in [-0.25, -0.2) is 13.1 Å². The summed E-state index contributed by atoms with van der Waals surface area (Å²) < 4.78 is 70.8. The van der Waals surface area contributed by atoms with Crippen molar-refractivity contribution >= 4 is 10.0 Å². The first-order valence-corrected chi connectivity index (χ1v) is 9.85. The van der Waals surface area contributed by atoms with Gasteiger partial charge in [0.25, 0.3) is 0 Å². The van der Waals surface area contributed by atoms with Gasteiger partial charge in [0, 0.05) is 17.2 Å². The Hall–Kier alpha value is -2.72. The Morgan fingerprint density at radius 1 is 0.964 bits per heavy atom. The van der Waals surface area contributed by atoms with Crippen molar-refractivity contribution in [3.63, 3.8) is 0 Å². The maximum absolute atomic E-state index is 12.7. The first-order chi connectivity index (χ1) is 13.2. The number of rotatable bonds is 5. The van der Waals surface area contributed by atoms with Gasteiger partial charge in [0.15, 0.2) is 0 Å². The molecule has 0 unspecified atom stereocenters. The van der Waals surface area contributed by atoms with Crippen LogP contribution in [0.3, 0.4) is 0 Å². The quantitative estimate of drug-likeness (QED) is 0.692. The summed E-state index contributed by atoms with van der Waals surface area (Å²) in [5.74, 6) is 0.103. The lowest BCUT2D eigenvalue weighted by Crippen LogP contribution is -2.25. The number of sulfonamides is 1. The van der Waals surface area contributed by atoms with Crippen molar-refractivity contribution in [2.75, 3.05) is 0 Å². The molecule has 0 radical (unpaired) electrons. The molecule has 6 nitrogen and oxygen atoms in total. The second-order valence-electron chi connectivity index (χ2n) is 6.41. The number of aromatic nitrogens is 2. The van der Waals surface area contributed by atoms with E-state index in [4.69, 9.17) is 4.42 Å². The highest BCUT2D eigenvalue weighted by molar-refractivity contribution is 7.89. The zero-order valence-corrected chi connectivity index (χ0v) is 15.1. The van der Waals surface area contributed by atoms with Gasteiger partial charge in [-0.1, -0.05) is 6.07 Å². The number of nitrogens with one attached hydrogen (secondary N) is 1. The van der Waals surface area contributed by atoms with Gasteiger partial charge in [0.1, 0.15) is 0 Å². The number of alkyl halides is 3. The summed E-state index contributed by atoms with van der Waals surface area (Å²) >= 11 is 0. The number of benzene rings is 2. The van der Waals surface area contributed by atoms with Crippen molar-refractivity contribution in [2.45, 2.75) is 30.0 Å². The molecule has 146 valence electrons. The molecule has 0 amide bonds. The molecule has 10 heteroatoms. The van der Waals surface area contributed by atoms with Crippen LogP contribution in [-0.2, 0) is 16.2 Å². The summed E-state index contributed by atoms with van der Waals surface area (Å²) in [4.78, 5) is 0.0752. The van der Waals surface area contributed by atoms with Crippen LogP contribution in [0.1, 0.15) is 18.4 Å². The highest BCUT2D eigenvalue weighted by Gasteiger charge is 2.30. The third-order valence-electron chi connectivity index (χ3n) is 4.17. The van der Waals surface area contributed by atoms with Gasteiger partial charge >= 0.3 is 6.18 Å². The summed E-state index contributed by atoms with van der Waals surface area (Å²) in [6.45, 7) is 0. The number of hydrogen-bond donors (Lipinski definition) is 1. The second-order valence-corrected chi connectivity index (χ2v) is 8.12. The molecule has 1 aliphatic rings. The van der Waals surface area contributed by atoms with Gasteiger partial charge in [0.05, 0.1) is 10.5 Å². The average molecular weight is 409 g/mol. The number of nitrogens with zero attached hydrogens (tertiary/aromatic N) is 2. The maximum atomic E-state index is 12.7. The van der Waals surface area contributed by atoms with Gasteiger partial charge < -0.3 is 4.42 Å². The molecule has 2 aromatic carbocycles. The summed E-state index contributed by atoms with van der Waals surface area (Å²) in [6.07, 6.45) is -2.79. The second kappa shape index (κ2) is 6.71. The largest absolute Gasteiger partial charge is 0.416 e. The Labute approximate surface area is 158 Å². The topological polar surface area (TPSA) is 85.1 Å². The summed E-state index contributed by atoms with van der Waals surface area (Å²) in [5, 5.41) is 7.72. The molecule has 0 saturated heterocycles. The lowest BCUT2D eigenvalue weighted by Gasteiger charge is -2.06. The fraction of sp³-hybridized carbons (Fsp3) is 0.222. The molecule has 0 bridgehead atoms. The van der Waals surface area contributed by atoms with Gasteiger partial charge in [-0.15, -0.1) is 10.2 Å². The summed E-state index contributed by atoms with van der Waals surface area (Å²) in [5.41, 5.74) is -0.0627. The molecule has 4 rings (SSSR count). The van der Waals surface area contributed by atoms with E-state index in [1.54, 1.807) is 12.1 Å². The monoisotopic (exact) mass is 409 g/mol. The Balaban J connectivity index is 1.60. The average Bonchev–Trinajstić information content (AvgIpc) is 3.32. The molecule has 1 heterocycles. The van der Waals surface area contributed by atoms with Crippen LogP contribution >= 0.6 is 0 Å². The van der Waals surface area contributed by atoms with Crippen molar-refractivity contribution < 1.29 is 26.0 Å². The molecule has 1 aromatic heterocycles. The maximum Gasteiger partial charge on any atom is 0.416 e. The van der Waals surface area contributed by atoms with Gasteiger partial charge in [-0.3, -0.25) is 0 Å². The van der Waals surface area contributed by atoms with Gasteiger partial charge in [-0.2, -0.15) is 13.2 Å². The third kappa shape index (κ3) is 3.92. The van der Waals surface area contributed by atoms with Crippen LogP contribution < -0.4 is 4.72 Å². The Morgan fingerprint density at radius 3 is 2.21 bits per heavy atom. The Morgan fingerprint density at radius 2 is 1.61 bits per heavy atom. The van der Waals surface area contributed by atoms with Crippen LogP contribution in [0.5, 0.6) is 0 Å². The van der Waals surface area contributed by atoms with E-state index in [-0.39, 0.29) is 22.7 Å². The van der Waals surface area contributed by atoms with Crippen molar-refractivity contribution in [2.24, 2.45) is 0 Å². The van der Waals surface area contributed by atoms with Crippen LogP contribution in [0.25, 0.3) is 22.9 Å². The molecular weight excluding hydrogens is 395 g/mol. The van der Waals surface area contributed by atoms with Gasteiger partial charge in [0.2, 0.25) is 21.8 Å². The summed E-state index contributed by atoms with van der Waals surface area (Å²) in [6, 6.07) is 10.3. The molecule has 0 atom stereocenters. The Kier molecular flexibility index (Phi) is 4.47. The minimum Gasteiger partial charge on any atom is -0.416 e. The first-order valence-electron chi connectivity index (χ1n) is 8.36. The van der Waals surface area contributed by atoms with E-state index in [0.717, 1.165) is 25.0 Å². The molecule has 1 saturated carbocycles. The fourth-order valence-corrected chi connectivity index (χ4v) is 3.89. The zero-order chi connectivity index (χ0) is 19.9. The van der Waals surface area contributed by atoms with Crippen LogP contribution in [0.15, 0.2) is 57.8 Å². The smallest absolute Gasteiger partial charge is 0.416 e. The van der Waals surface area contributed by atoms with Crippen molar-refractivity contribution in [1.82, 2.24) is 14.9 Å². The fourth-order valence-electron chi connectivity index (χ4n) is 2.54. The standard InChI is InChI=1S/C18H14F3N3O3S/c19-18(20,21)13-6-4-11(5-7-13)16-22-23-17(27-16)12-2-1-3-15(10-12)28(25,26)24-14-8-9-14/h1-7,10,14,24H,8-9H2. The van der Waals surface area contributed by atoms with Crippen molar-refractivity contribution in [3.05, 3.63) is 54.1 Å². The molecule has 1 N–H and O–H groups in total. The van der Waals surface area contributed by atoms with E-state index in [1.165, 1.54) is 24.3 Å². The first kappa shape index (κ1) is 18.6. The molecule has 1 fully saturated rings. The van der Waals surface area contributed by atoms with Gasteiger partial charge in [-0.05, 0) is 55.3 Å². The number of hydrogen-bond acceptors (Lipinski definition) is 5. The molecule has 28 heavy (non-hydrogen) atoms. The normalized spacial score (nSPS) is 15.0. The highest BCUT2D eigenvalue weighted by atomic mass is 32.2. The minimum absolute atomic E-state index is 0.0247. The predicted molar refractivity (Wildman–Crippen MR) is 93.5 cm³/mol.